The summed E-state index contributed by atoms with van der Waals surface area (Å²) in [6, 6.07) is 0. The Morgan fingerprint density at radius 2 is 1.55 bits per heavy atom. The summed E-state index contributed by atoms with van der Waals surface area (Å²) in [7, 11) is 0. The largest absolute Gasteiger partial charge is 0.460 e. The minimum atomic E-state index is -5.60. The van der Waals surface area contributed by atoms with Crippen LogP contribution >= 0.6 is 0 Å². The van der Waals surface area contributed by atoms with Gasteiger partial charge in [0.25, 0.3) is 0 Å². The van der Waals surface area contributed by atoms with Crippen molar-refractivity contribution in [1.29, 1.82) is 0 Å². The molecular formula is C11H15F6NO2. The molecular weight excluding hydrogens is 292 g/mol. The fourth-order valence-corrected chi connectivity index (χ4v) is 2.12. The molecule has 1 rings (SSSR count). The average Bonchev–Trinajstić information content (AvgIpc) is 2.56. The van der Waals surface area contributed by atoms with Crippen molar-refractivity contribution in [1.82, 2.24) is 5.32 Å². The maximum Gasteiger partial charge on any atom is 0.405 e. The highest BCUT2D eigenvalue weighted by molar-refractivity contribution is 5.75. The molecule has 0 aromatic carbocycles. The van der Waals surface area contributed by atoms with Gasteiger partial charge in [-0.25, -0.2) is 0 Å². The number of carbonyl (C=O) groups is 1. The van der Waals surface area contributed by atoms with Crippen molar-refractivity contribution < 1.29 is 35.9 Å². The van der Waals surface area contributed by atoms with Gasteiger partial charge in [0.05, 0.1) is 5.92 Å². The van der Waals surface area contributed by atoms with E-state index in [2.05, 4.69) is 4.74 Å². The third-order valence-corrected chi connectivity index (χ3v) is 3.05. The van der Waals surface area contributed by atoms with Crippen LogP contribution < -0.4 is 5.32 Å². The Bertz CT molecular complexity index is 368. The molecule has 1 heterocycles. The van der Waals surface area contributed by atoms with Crippen LogP contribution in [0.5, 0.6) is 0 Å². The van der Waals surface area contributed by atoms with Crippen LogP contribution in [0.15, 0.2) is 0 Å². The molecule has 9 heteroatoms. The quantitative estimate of drug-likeness (QED) is 0.598. The Balaban J connectivity index is 3.21. The fraction of sp³-hybridized carbons (Fsp3) is 0.909. The Morgan fingerprint density at radius 1 is 1.10 bits per heavy atom. The number of alkyl halides is 6. The summed E-state index contributed by atoms with van der Waals surface area (Å²) < 4.78 is 82.6. The summed E-state index contributed by atoms with van der Waals surface area (Å²) in [6.07, 6.45) is -11.2. The first-order valence-corrected chi connectivity index (χ1v) is 5.79. The van der Waals surface area contributed by atoms with Crippen molar-refractivity contribution in [2.24, 2.45) is 11.3 Å². The zero-order chi connectivity index (χ0) is 16.0. The van der Waals surface area contributed by atoms with Gasteiger partial charge >= 0.3 is 18.3 Å². The van der Waals surface area contributed by atoms with E-state index in [-0.39, 0.29) is 0 Å². The van der Waals surface area contributed by atoms with E-state index in [0.717, 1.165) is 0 Å². The SMILES string of the molecule is CC(C)(C)OC(=O)C1CNCC1(C(F)(F)F)C(F)(F)F. The van der Waals surface area contributed by atoms with E-state index in [4.69, 9.17) is 0 Å². The first-order chi connectivity index (χ1) is 8.72. The van der Waals surface area contributed by atoms with Crippen LogP contribution in [0.2, 0.25) is 0 Å². The Labute approximate surface area is 111 Å². The van der Waals surface area contributed by atoms with Crippen LogP contribution in [-0.4, -0.2) is 37.0 Å². The Kier molecular flexibility index (Phi) is 4.08. The topological polar surface area (TPSA) is 38.3 Å². The predicted molar refractivity (Wildman–Crippen MR) is 56.7 cm³/mol. The Hall–Kier alpha value is -0.990. The van der Waals surface area contributed by atoms with Crippen molar-refractivity contribution in [3.05, 3.63) is 0 Å². The van der Waals surface area contributed by atoms with Crippen LogP contribution in [0, 0.1) is 11.3 Å². The van der Waals surface area contributed by atoms with E-state index in [1.54, 1.807) is 0 Å². The number of ether oxygens (including phenoxy) is 1. The molecule has 1 atom stereocenters. The van der Waals surface area contributed by atoms with Crippen molar-refractivity contribution in [2.75, 3.05) is 13.1 Å². The lowest BCUT2D eigenvalue weighted by molar-refractivity contribution is -0.345. The highest BCUT2D eigenvalue weighted by Crippen LogP contribution is 2.56. The van der Waals surface area contributed by atoms with E-state index in [1.807, 2.05) is 5.32 Å². The molecule has 0 bridgehead atoms. The van der Waals surface area contributed by atoms with Crippen LogP contribution in [0.25, 0.3) is 0 Å². The molecule has 0 saturated carbocycles. The molecule has 1 aliphatic rings. The number of halogens is 6. The van der Waals surface area contributed by atoms with Crippen molar-refractivity contribution in [3.8, 4) is 0 Å². The minimum absolute atomic E-state index is 0.728. The first kappa shape index (κ1) is 17.1. The first-order valence-electron chi connectivity index (χ1n) is 5.79. The summed E-state index contributed by atoms with van der Waals surface area (Å²) in [5.74, 6) is -3.85. The van der Waals surface area contributed by atoms with Crippen LogP contribution in [0.3, 0.4) is 0 Å². The number of carbonyl (C=O) groups excluding carboxylic acids is 1. The molecule has 0 aromatic rings. The third-order valence-electron chi connectivity index (χ3n) is 3.05. The predicted octanol–water partition coefficient (Wildman–Crippen LogP) is 2.66. The van der Waals surface area contributed by atoms with Gasteiger partial charge in [-0.2, -0.15) is 26.3 Å². The number of nitrogens with one attached hydrogen (secondary N) is 1. The maximum atomic E-state index is 13.0. The second-order valence-corrected chi connectivity index (χ2v) is 5.68. The summed E-state index contributed by atoms with van der Waals surface area (Å²) in [5, 5.41) is 2.00. The van der Waals surface area contributed by atoms with Gasteiger partial charge in [-0.15, -0.1) is 0 Å². The van der Waals surface area contributed by atoms with Gasteiger partial charge in [-0.3, -0.25) is 4.79 Å². The summed E-state index contributed by atoms with van der Waals surface area (Å²) in [4.78, 5) is 11.7. The molecule has 118 valence electrons. The number of rotatable bonds is 1. The number of esters is 1. The molecule has 0 radical (unpaired) electrons. The van der Waals surface area contributed by atoms with Crippen LogP contribution in [0.1, 0.15) is 20.8 Å². The van der Waals surface area contributed by atoms with E-state index in [9.17, 15) is 31.1 Å². The van der Waals surface area contributed by atoms with Crippen molar-refractivity contribution in [2.45, 2.75) is 38.7 Å². The highest BCUT2D eigenvalue weighted by Gasteiger charge is 2.77. The second-order valence-electron chi connectivity index (χ2n) is 5.68. The minimum Gasteiger partial charge on any atom is -0.460 e. The van der Waals surface area contributed by atoms with Crippen molar-refractivity contribution >= 4 is 5.97 Å². The Morgan fingerprint density at radius 3 is 1.90 bits per heavy atom. The zero-order valence-electron chi connectivity index (χ0n) is 11.1. The monoisotopic (exact) mass is 307 g/mol. The molecule has 20 heavy (non-hydrogen) atoms. The lowest BCUT2D eigenvalue weighted by Crippen LogP contribution is -2.57. The molecule has 0 aliphatic carbocycles. The standard InChI is InChI=1S/C11H15F6NO2/c1-8(2,3)20-7(19)6-4-18-5-9(6,10(12,13)14)11(15,16)17/h6,18H,4-5H2,1-3H3. The normalized spacial score (nSPS) is 23.8. The summed E-state index contributed by atoms with van der Waals surface area (Å²) in [6.45, 7) is 2.00. The third kappa shape index (κ3) is 2.87. The molecule has 1 N–H and O–H groups in total. The molecule has 0 aromatic heterocycles. The van der Waals surface area contributed by atoms with Gasteiger partial charge in [-0.05, 0) is 20.8 Å². The van der Waals surface area contributed by atoms with E-state index in [0.29, 0.717) is 0 Å². The van der Waals surface area contributed by atoms with Gasteiger partial charge in [0.15, 0.2) is 5.41 Å². The van der Waals surface area contributed by atoms with Gasteiger partial charge in [0.2, 0.25) is 0 Å². The smallest absolute Gasteiger partial charge is 0.405 e. The number of hydrogen-bond acceptors (Lipinski definition) is 3. The highest BCUT2D eigenvalue weighted by atomic mass is 19.4. The molecule has 0 amide bonds. The van der Waals surface area contributed by atoms with Gasteiger partial charge in [-0.1, -0.05) is 0 Å². The van der Waals surface area contributed by atoms with Gasteiger partial charge in [0, 0.05) is 13.1 Å². The average molecular weight is 307 g/mol. The lowest BCUT2D eigenvalue weighted by Gasteiger charge is -2.37. The van der Waals surface area contributed by atoms with E-state index < -0.39 is 48.3 Å². The van der Waals surface area contributed by atoms with E-state index in [1.165, 1.54) is 20.8 Å². The fourth-order valence-electron chi connectivity index (χ4n) is 2.12. The number of hydrogen-bond donors (Lipinski definition) is 1. The van der Waals surface area contributed by atoms with E-state index >= 15 is 0 Å². The second kappa shape index (κ2) is 4.78. The molecule has 1 aliphatic heterocycles. The lowest BCUT2D eigenvalue weighted by atomic mass is 9.76. The molecule has 1 saturated heterocycles. The zero-order valence-corrected chi connectivity index (χ0v) is 11.1. The maximum absolute atomic E-state index is 13.0. The van der Waals surface area contributed by atoms with Crippen LogP contribution in [-0.2, 0) is 9.53 Å². The van der Waals surface area contributed by atoms with Crippen molar-refractivity contribution in [3.63, 3.8) is 0 Å². The van der Waals surface area contributed by atoms with Gasteiger partial charge in [0.1, 0.15) is 5.60 Å². The summed E-state index contributed by atoms with van der Waals surface area (Å²) >= 11 is 0. The molecule has 3 nitrogen and oxygen atoms in total. The summed E-state index contributed by atoms with van der Waals surface area (Å²) in [5.41, 5.74) is -5.27. The molecule has 1 fully saturated rings. The molecule has 0 spiro atoms. The van der Waals surface area contributed by atoms with Gasteiger partial charge < -0.3 is 10.1 Å². The van der Waals surface area contributed by atoms with Crippen LogP contribution in [0.4, 0.5) is 26.3 Å². The molecule has 1 unspecified atom stereocenters.